The Morgan fingerprint density at radius 2 is 2.06 bits per heavy atom. The highest BCUT2D eigenvalue weighted by Crippen LogP contribution is 2.14. The highest BCUT2D eigenvalue weighted by atomic mass is 14.9. The van der Waals surface area contributed by atoms with Gasteiger partial charge in [-0.15, -0.1) is 0 Å². The second-order valence-electron chi connectivity index (χ2n) is 5.73. The number of nitrogens with one attached hydrogen (secondary N) is 1. The van der Waals surface area contributed by atoms with Crippen LogP contribution in [0.5, 0.6) is 0 Å². The van der Waals surface area contributed by atoms with Crippen LogP contribution in [0.3, 0.4) is 0 Å². The number of hydrogen-bond donors (Lipinski definition) is 1. The van der Waals surface area contributed by atoms with Crippen LogP contribution in [0.2, 0.25) is 0 Å². The van der Waals surface area contributed by atoms with E-state index >= 15 is 0 Å². The second-order valence-corrected chi connectivity index (χ2v) is 5.73. The molecule has 0 aliphatic rings. The number of rotatable bonds is 4. The lowest BCUT2D eigenvalue weighted by Crippen LogP contribution is -2.37. The van der Waals surface area contributed by atoms with Crippen LogP contribution in [0.4, 0.5) is 0 Å². The van der Waals surface area contributed by atoms with Gasteiger partial charge in [-0.3, -0.25) is 4.98 Å². The molecule has 0 spiro atoms. The molecule has 0 saturated heterocycles. The van der Waals surface area contributed by atoms with Crippen LogP contribution in [-0.2, 0) is 0 Å². The van der Waals surface area contributed by atoms with Crippen molar-refractivity contribution in [3.63, 3.8) is 0 Å². The molecule has 0 bridgehead atoms. The van der Waals surface area contributed by atoms with Crippen molar-refractivity contribution in [3.05, 3.63) is 35.7 Å². The van der Waals surface area contributed by atoms with Crippen molar-refractivity contribution in [2.45, 2.75) is 40.2 Å². The van der Waals surface area contributed by atoms with Crippen LogP contribution in [0.25, 0.3) is 6.08 Å². The molecule has 1 heterocycles. The summed E-state index contributed by atoms with van der Waals surface area (Å²) in [6.45, 7) is 11.9. The molecule has 0 radical (unpaired) electrons. The maximum atomic E-state index is 4.34. The highest BCUT2D eigenvalue weighted by Gasteiger charge is 2.11. The SMILES string of the molecule is CC(C)C(=Cc1ccccn1)CNC(C)(C)C. The summed E-state index contributed by atoms with van der Waals surface area (Å²) >= 11 is 0. The zero-order valence-electron chi connectivity index (χ0n) is 11.6. The summed E-state index contributed by atoms with van der Waals surface area (Å²) in [5.74, 6) is 0.534. The maximum Gasteiger partial charge on any atom is 0.0629 e. The molecule has 0 aliphatic heterocycles. The van der Waals surface area contributed by atoms with Gasteiger partial charge in [0.15, 0.2) is 0 Å². The quantitative estimate of drug-likeness (QED) is 0.859. The van der Waals surface area contributed by atoms with Crippen molar-refractivity contribution in [3.8, 4) is 0 Å². The van der Waals surface area contributed by atoms with Crippen molar-refractivity contribution in [2.24, 2.45) is 5.92 Å². The molecule has 1 N–H and O–H groups in total. The smallest absolute Gasteiger partial charge is 0.0629 e. The van der Waals surface area contributed by atoms with Crippen molar-refractivity contribution in [1.29, 1.82) is 0 Å². The molecule has 1 aromatic rings. The third kappa shape index (κ3) is 5.64. The first-order chi connectivity index (χ1) is 7.88. The third-order valence-corrected chi connectivity index (χ3v) is 2.59. The number of nitrogens with zero attached hydrogens (tertiary/aromatic N) is 1. The zero-order chi connectivity index (χ0) is 12.9. The van der Waals surface area contributed by atoms with Crippen molar-refractivity contribution >= 4 is 6.08 Å². The summed E-state index contributed by atoms with van der Waals surface area (Å²) < 4.78 is 0. The molecule has 0 aromatic carbocycles. The fourth-order valence-electron chi connectivity index (χ4n) is 1.44. The molecular formula is C15H24N2. The largest absolute Gasteiger partial charge is 0.308 e. The molecule has 1 rings (SSSR count). The van der Waals surface area contributed by atoms with Gasteiger partial charge in [0, 0.05) is 18.3 Å². The minimum atomic E-state index is 0.151. The van der Waals surface area contributed by atoms with Crippen LogP contribution in [0.15, 0.2) is 30.0 Å². The van der Waals surface area contributed by atoms with Gasteiger partial charge in [-0.2, -0.15) is 0 Å². The van der Waals surface area contributed by atoms with E-state index < -0.39 is 0 Å². The first-order valence-electron chi connectivity index (χ1n) is 6.25. The monoisotopic (exact) mass is 232 g/mol. The van der Waals surface area contributed by atoms with Crippen molar-refractivity contribution in [2.75, 3.05) is 6.54 Å². The minimum Gasteiger partial charge on any atom is -0.308 e. The summed E-state index contributed by atoms with van der Waals surface area (Å²) in [7, 11) is 0. The van der Waals surface area contributed by atoms with E-state index in [1.807, 2.05) is 24.4 Å². The molecule has 0 unspecified atom stereocenters. The van der Waals surface area contributed by atoms with E-state index in [0.717, 1.165) is 12.2 Å². The Labute approximate surface area is 105 Å². The molecular weight excluding hydrogens is 208 g/mol. The normalized spacial score (nSPS) is 13.2. The first-order valence-corrected chi connectivity index (χ1v) is 6.25. The van der Waals surface area contributed by atoms with Crippen molar-refractivity contribution in [1.82, 2.24) is 10.3 Å². The third-order valence-electron chi connectivity index (χ3n) is 2.59. The molecule has 1 aromatic heterocycles. The van der Waals surface area contributed by atoms with Gasteiger partial charge >= 0.3 is 0 Å². The Morgan fingerprint density at radius 3 is 2.53 bits per heavy atom. The van der Waals surface area contributed by atoms with Crippen LogP contribution >= 0.6 is 0 Å². The summed E-state index contributed by atoms with van der Waals surface area (Å²) in [6, 6.07) is 6.01. The van der Waals surface area contributed by atoms with Crippen molar-refractivity contribution < 1.29 is 0 Å². The zero-order valence-corrected chi connectivity index (χ0v) is 11.6. The first kappa shape index (κ1) is 13.9. The predicted molar refractivity (Wildman–Crippen MR) is 74.8 cm³/mol. The Bertz CT molecular complexity index is 358. The molecule has 0 atom stereocenters. The minimum absolute atomic E-state index is 0.151. The van der Waals surface area contributed by atoms with Gasteiger partial charge in [0.1, 0.15) is 0 Å². The van der Waals surface area contributed by atoms with Crippen LogP contribution < -0.4 is 5.32 Å². The van der Waals surface area contributed by atoms with E-state index in [9.17, 15) is 0 Å². The maximum absolute atomic E-state index is 4.34. The fraction of sp³-hybridized carbons (Fsp3) is 0.533. The summed E-state index contributed by atoms with van der Waals surface area (Å²) in [5.41, 5.74) is 2.57. The fourth-order valence-corrected chi connectivity index (χ4v) is 1.44. The molecule has 0 amide bonds. The second kappa shape index (κ2) is 5.97. The van der Waals surface area contributed by atoms with E-state index in [4.69, 9.17) is 0 Å². The van der Waals surface area contributed by atoms with Gasteiger partial charge in [-0.1, -0.05) is 25.5 Å². The van der Waals surface area contributed by atoms with E-state index in [0.29, 0.717) is 5.92 Å². The molecule has 2 nitrogen and oxygen atoms in total. The highest BCUT2D eigenvalue weighted by molar-refractivity contribution is 5.49. The van der Waals surface area contributed by atoms with Gasteiger partial charge in [-0.25, -0.2) is 0 Å². The molecule has 94 valence electrons. The molecule has 0 saturated carbocycles. The lowest BCUT2D eigenvalue weighted by atomic mass is 10.00. The average molecular weight is 232 g/mol. The standard InChI is InChI=1S/C15H24N2/c1-12(2)13(11-17-15(3,4)5)10-14-8-6-7-9-16-14/h6-10,12,17H,11H2,1-5H3. The lowest BCUT2D eigenvalue weighted by molar-refractivity contribution is 0.437. The van der Waals surface area contributed by atoms with E-state index in [1.165, 1.54) is 5.57 Å². The Kier molecular flexibility index (Phi) is 4.88. The molecule has 0 aliphatic carbocycles. The van der Waals surface area contributed by atoms with Gasteiger partial charge in [0.05, 0.1) is 5.69 Å². The van der Waals surface area contributed by atoms with Gasteiger partial charge in [0.25, 0.3) is 0 Å². The molecule has 2 heteroatoms. The topological polar surface area (TPSA) is 24.9 Å². The Hall–Kier alpha value is -1.15. The Balaban J connectivity index is 2.76. The van der Waals surface area contributed by atoms with Crippen LogP contribution in [-0.4, -0.2) is 17.1 Å². The number of pyridine rings is 1. The van der Waals surface area contributed by atoms with Gasteiger partial charge < -0.3 is 5.32 Å². The summed E-state index contributed by atoms with van der Waals surface area (Å²) in [5, 5.41) is 3.53. The summed E-state index contributed by atoms with van der Waals surface area (Å²) in [4.78, 5) is 4.34. The molecule has 0 fully saturated rings. The predicted octanol–water partition coefficient (Wildman–Crippen LogP) is 3.51. The molecule has 17 heavy (non-hydrogen) atoms. The average Bonchev–Trinajstić information content (AvgIpc) is 2.24. The van der Waals surface area contributed by atoms with E-state index in [1.54, 1.807) is 0 Å². The summed E-state index contributed by atoms with van der Waals surface area (Å²) in [6.07, 6.45) is 4.02. The number of aromatic nitrogens is 1. The Morgan fingerprint density at radius 1 is 1.35 bits per heavy atom. The van der Waals surface area contributed by atoms with Gasteiger partial charge in [-0.05, 0) is 44.9 Å². The van der Waals surface area contributed by atoms with Gasteiger partial charge in [0.2, 0.25) is 0 Å². The van der Waals surface area contributed by atoms with E-state index in [-0.39, 0.29) is 5.54 Å². The number of hydrogen-bond acceptors (Lipinski definition) is 2. The van der Waals surface area contributed by atoms with Crippen LogP contribution in [0.1, 0.15) is 40.3 Å². The van der Waals surface area contributed by atoms with E-state index in [2.05, 4.69) is 51.0 Å². The van der Waals surface area contributed by atoms with Crippen LogP contribution in [0, 0.1) is 5.92 Å². The lowest BCUT2D eigenvalue weighted by Gasteiger charge is -2.23.